The molecular weight excluding hydrogens is 359 g/mol. The van der Waals surface area contributed by atoms with Crippen LogP contribution in [0.5, 0.6) is 11.6 Å². The molecule has 1 aromatic heterocycles. The molecule has 0 amide bonds. The fourth-order valence-corrected chi connectivity index (χ4v) is 2.38. The molecule has 0 aliphatic heterocycles. The molecule has 0 atom stereocenters. The van der Waals surface area contributed by atoms with Crippen LogP contribution in [0.2, 0.25) is 5.02 Å². The maximum atomic E-state index is 13.4. The first-order valence-electron chi connectivity index (χ1n) is 6.62. The Morgan fingerprint density at radius 2 is 2.19 bits per heavy atom. The van der Waals surface area contributed by atoms with Crippen molar-refractivity contribution in [1.82, 2.24) is 10.3 Å². The second-order valence-corrected chi connectivity index (χ2v) is 6.27. The Bertz CT molecular complexity index is 664. The van der Waals surface area contributed by atoms with E-state index in [-0.39, 0.29) is 5.82 Å². The van der Waals surface area contributed by atoms with Crippen molar-refractivity contribution in [3.05, 3.63) is 51.3 Å². The van der Waals surface area contributed by atoms with Crippen LogP contribution in [0, 0.1) is 5.82 Å². The van der Waals surface area contributed by atoms with Crippen LogP contribution in [0.15, 0.2) is 34.9 Å². The Balaban J connectivity index is 1.84. The third-order valence-electron chi connectivity index (χ3n) is 3.15. The van der Waals surface area contributed by atoms with Gasteiger partial charge in [-0.3, -0.25) is 0 Å². The Labute approximate surface area is 135 Å². The number of hydrogen-bond donors (Lipinski definition) is 1. The highest BCUT2D eigenvalue weighted by Gasteiger charge is 2.21. The first kappa shape index (κ1) is 14.8. The summed E-state index contributed by atoms with van der Waals surface area (Å²) in [6.07, 6.45) is 3.47. The van der Waals surface area contributed by atoms with Gasteiger partial charge in [0.1, 0.15) is 11.6 Å². The minimum atomic E-state index is -0.379. The highest BCUT2D eigenvalue weighted by molar-refractivity contribution is 9.10. The summed E-state index contributed by atoms with van der Waals surface area (Å²) >= 11 is 9.47. The molecule has 110 valence electrons. The number of nitrogens with one attached hydrogen (secondary N) is 1. The first-order valence-corrected chi connectivity index (χ1v) is 7.79. The molecule has 1 heterocycles. The molecule has 3 rings (SSSR count). The molecular formula is C15H13BrClFN2O. The van der Waals surface area contributed by atoms with Gasteiger partial charge >= 0.3 is 0 Å². The molecule has 0 saturated heterocycles. The highest BCUT2D eigenvalue weighted by atomic mass is 79.9. The van der Waals surface area contributed by atoms with Crippen molar-refractivity contribution in [3.8, 4) is 11.6 Å². The summed E-state index contributed by atoms with van der Waals surface area (Å²) in [4.78, 5) is 4.03. The summed E-state index contributed by atoms with van der Waals surface area (Å²) in [7, 11) is 0. The van der Waals surface area contributed by atoms with Crippen molar-refractivity contribution >= 4 is 27.5 Å². The van der Waals surface area contributed by atoms with E-state index >= 15 is 0 Å². The lowest BCUT2D eigenvalue weighted by atomic mass is 10.2. The molecule has 6 heteroatoms. The molecule has 0 spiro atoms. The number of pyridine rings is 1. The number of ether oxygens (including phenoxy) is 1. The third-order valence-corrected chi connectivity index (χ3v) is 3.96. The largest absolute Gasteiger partial charge is 0.437 e. The fourth-order valence-electron chi connectivity index (χ4n) is 1.89. The first-order chi connectivity index (χ1) is 10.1. The van der Waals surface area contributed by atoms with Crippen LogP contribution in [0.1, 0.15) is 18.4 Å². The normalized spacial score (nSPS) is 14.2. The number of aromatic nitrogens is 1. The summed E-state index contributed by atoms with van der Waals surface area (Å²) in [5.74, 6) is 0.470. The molecule has 0 unspecified atom stereocenters. The predicted molar refractivity (Wildman–Crippen MR) is 83.3 cm³/mol. The molecule has 0 bridgehead atoms. The van der Waals surface area contributed by atoms with Gasteiger partial charge in [-0.05, 0) is 37.1 Å². The maximum absolute atomic E-state index is 13.4. The molecule has 1 fully saturated rings. The molecule has 21 heavy (non-hydrogen) atoms. The van der Waals surface area contributed by atoms with Gasteiger partial charge in [-0.2, -0.15) is 0 Å². The van der Waals surface area contributed by atoms with Crippen LogP contribution in [0.25, 0.3) is 0 Å². The standard InChI is InChI=1S/C15H13BrClFN2O/c16-10-1-4-13(17)14(6-10)21-15-9(5-11(18)8-20-15)7-19-12-2-3-12/h1,4-6,8,12,19H,2-3,7H2. The van der Waals surface area contributed by atoms with E-state index in [1.165, 1.54) is 6.07 Å². The SMILES string of the molecule is Fc1cnc(Oc2cc(Br)ccc2Cl)c(CNC2CC2)c1. The van der Waals surface area contributed by atoms with Gasteiger partial charge in [0.2, 0.25) is 5.88 Å². The van der Waals surface area contributed by atoms with E-state index in [1.54, 1.807) is 12.1 Å². The van der Waals surface area contributed by atoms with Gasteiger partial charge in [-0.25, -0.2) is 9.37 Å². The zero-order valence-electron chi connectivity index (χ0n) is 11.1. The van der Waals surface area contributed by atoms with Gasteiger partial charge in [-0.15, -0.1) is 0 Å². The van der Waals surface area contributed by atoms with Gasteiger partial charge < -0.3 is 10.1 Å². The third kappa shape index (κ3) is 3.93. The summed E-state index contributed by atoms with van der Waals surface area (Å²) < 4.78 is 20.0. The maximum Gasteiger partial charge on any atom is 0.223 e. The van der Waals surface area contributed by atoms with E-state index < -0.39 is 0 Å². The summed E-state index contributed by atoms with van der Waals surface area (Å²) in [6, 6.07) is 7.26. The molecule has 1 saturated carbocycles. The van der Waals surface area contributed by atoms with Crippen molar-refractivity contribution in [1.29, 1.82) is 0 Å². The van der Waals surface area contributed by atoms with Crippen LogP contribution >= 0.6 is 27.5 Å². The van der Waals surface area contributed by atoms with Crippen molar-refractivity contribution in [3.63, 3.8) is 0 Å². The number of halogens is 3. The zero-order valence-corrected chi connectivity index (χ0v) is 13.4. The quantitative estimate of drug-likeness (QED) is 0.828. The molecule has 1 aliphatic carbocycles. The average molecular weight is 372 g/mol. The zero-order chi connectivity index (χ0) is 14.8. The molecule has 3 nitrogen and oxygen atoms in total. The van der Waals surface area contributed by atoms with Crippen molar-refractivity contribution in [2.75, 3.05) is 0 Å². The van der Waals surface area contributed by atoms with E-state index in [2.05, 4.69) is 26.2 Å². The van der Waals surface area contributed by atoms with Crippen LogP contribution in [0.4, 0.5) is 4.39 Å². The second-order valence-electron chi connectivity index (χ2n) is 4.95. The summed E-state index contributed by atoms with van der Waals surface area (Å²) in [6.45, 7) is 0.524. The van der Waals surface area contributed by atoms with Crippen LogP contribution in [0.3, 0.4) is 0 Å². The topological polar surface area (TPSA) is 34.1 Å². The van der Waals surface area contributed by atoms with Gasteiger partial charge in [0.05, 0.1) is 11.2 Å². The lowest BCUT2D eigenvalue weighted by molar-refractivity contribution is 0.448. The molecule has 0 radical (unpaired) electrons. The van der Waals surface area contributed by atoms with Gasteiger partial charge in [0.25, 0.3) is 0 Å². The summed E-state index contributed by atoms with van der Waals surface area (Å²) in [5, 5.41) is 3.80. The molecule has 1 aromatic carbocycles. The number of benzene rings is 1. The number of rotatable bonds is 5. The van der Waals surface area contributed by atoms with Crippen molar-refractivity contribution in [2.45, 2.75) is 25.4 Å². The Morgan fingerprint density at radius 1 is 1.38 bits per heavy atom. The lowest BCUT2D eigenvalue weighted by Crippen LogP contribution is -2.16. The van der Waals surface area contributed by atoms with Crippen LogP contribution in [-0.2, 0) is 6.54 Å². The minimum Gasteiger partial charge on any atom is -0.437 e. The van der Waals surface area contributed by atoms with E-state index in [0.29, 0.717) is 34.8 Å². The highest BCUT2D eigenvalue weighted by Crippen LogP contribution is 2.33. The van der Waals surface area contributed by atoms with E-state index in [0.717, 1.165) is 23.5 Å². The number of nitrogens with zero attached hydrogens (tertiary/aromatic N) is 1. The van der Waals surface area contributed by atoms with E-state index in [4.69, 9.17) is 16.3 Å². The van der Waals surface area contributed by atoms with Crippen LogP contribution in [-0.4, -0.2) is 11.0 Å². The predicted octanol–water partition coefficient (Wildman–Crippen LogP) is 4.68. The number of hydrogen-bond acceptors (Lipinski definition) is 3. The molecule has 1 N–H and O–H groups in total. The average Bonchev–Trinajstić information content (AvgIpc) is 3.27. The fraction of sp³-hybridized carbons (Fsp3) is 0.267. The molecule has 2 aromatic rings. The smallest absolute Gasteiger partial charge is 0.223 e. The second kappa shape index (κ2) is 6.30. The Morgan fingerprint density at radius 3 is 2.95 bits per heavy atom. The van der Waals surface area contributed by atoms with Crippen molar-refractivity contribution < 1.29 is 9.13 Å². The van der Waals surface area contributed by atoms with Crippen LogP contribution < -0.4 is 10.1 Å². The van der Waals surface area contributed by atoms with E-state index in [9.17, 15) is 4.39 Å². The Kier molecular flexibility index (Phi) is 4.42. The monoisotopic (exact) mass is 370 g/mol. The Hall–Kier alpha value is -1.17. The van der Waals surface area contributed by atoms with E-state index in [1.807, 2.05) is 6.07 Å². The van der Waals surface area contributed by atoms with Gasteiger partial charge in [-0.1, -0.05) is 27.5 Å². The minimum absolute atomic E-state index is 0.365. The summed E-state index contributed by atoms with van der Waals surface area (Å²) in [5.41, 5.74) is 0.679. The van der Waals surface area contributed by atoms with Gasteiger partial charge in [0, 0.05) is 22.6 Å². The molecule has 1 aliphatic rings. The van der Waals surface area contributed by atoms with Gasteiger partial charge in [0.15, 0.2) is 0 Å². The van der Waals surface area contributed by atoms with Crippen molar-refractivity contribution in [2.24, 2.45) is 0 Å². The lowest BCUT2D eigenvalue weighted by Gasteiger charge is -2.12.